The van der Waals surface area contributed by atoms with E-state index in [4.69, 9.17) is 4.74 Å². The van der Waals surface area contributed by atoms with E-state index >= 15 is 0 Å². The maximum atomic E-state index is 12.6. The van der Waals surface area contributed by atoms with Crippen LogP contribution in [-0.2, 0) is 9.53 Å². The number of carbonyl (C=O) groups excluding carboxylic acids is 2. The van der Waals surface area contributed by atoms with E-state index in [0.717, 1.165) is 0 Å². The zero-order valence-corrected chi connectivity index (χ0v) is 15.7. The van der Waals surface area contributed by atoms with Gasteiger partial charge in [-0.25, -0.2) is 4.79 Å². The molecule has 2 aromatic rings. The molecule has 0 spiro atoms. The average molecular weight is 353 g/mol. The van der Waals surface area contributed by atoms with Crippen molar-refractivity contribution >= 4 is 17.7 Å². The fraction of sp³-hybridized carbons (Fsp3) is 0.350. The van der Waals surface area contributed by atoms with Crippen molar-refractivity contribution in [2.75, 3.05) is 11.9 Å². The van der Waals surface area contributed by atoms with Gasteiger partial charge in [-0.1, -0.05) is 39.0 Å². The number of amides is 1. The van der Waals surface area contributed by atoms with Crippen LogP contribution in [0.1, 0.15) is 49.3 Å². The van der Waals surface area contributed by atoms with E-state index in [0.29, 0.717) is 11.3 Å². The quantitative estimate of drug-likeness (QED) is 0.847. The van der Waals surface area contributed by atoms with Crippen molar-refractivity contribution < 1.29 is 14.3 Å². The van der Waals surface area contributed by atoms with Crippen molar-refractivity contribution in [3.8, 4) is 11.8 Å². The molecule has 0 aliphatic heterocycles. The maximum absolute atomic E-state index is 12.6. The number of aromatic nitrogens is 1. The first-order valence-electron chi connectivity index (χ1n) is 8.41. The molecule has 6 nitrogen and oxygen atoms in total. The fourth-order valence-electron chi connectivity index (χ4n) is 2.52. The minimum Gasteiger partial charge on any atom is -0.461 e. The van der Waals surface area contributed by atoms with Crippen LogP contribution in [0, 0.1) is 23.7 Å². The molecule has 136 valence electrons. The Hall–Kier alpha value is -3.07. The molecule has 26 heavy (non-hydrogen) atoms. The molecule has 0 aliphatic rings. The molecule has 0 bridgehead atoms. The van der Waals surface area contributed by atoms with Crippen LogP contribution in [0.4, 0.5) is 5.82 Å². The summed E-state index contributed by atoms with van der Waals surface area (Å²) in [5.41, 5.74) is 0.952. The van der Waals surface area contributed by atoms with E-state index in [1.54, 1.807) is 51.3 Å². The summed E-state index contributed by atoms with van der Waals surface area (Å²) in [6.07, 6.45) is 0. The molecule has 0 aliphatic carbocycles. The smallest absolute Gasteiger partial charge is 0.355 e. The largest absolute Gasteiger partial charge is 0.461 e. The summed E-state index contributed by atoms with van der Waals surface area (Å²) in [5, 5.41) is 12.5. The molecule has 1 amide bonds. The van der Waals surface area contributed by atoms with Crippen molar-refractivity contribution in [2.45, 2.75) is 34.6 Å². The number of rotatable bonds is 4. The first-order chi connectivity index (χ1) is 12.2. The fourth-order valence-corrected chi connectivity index (χ4v) is 2.52. The predicted molar refractivity (Wildman–Crippen MR) is 99.3 cm³/mol. The highest BCUT2D eigenvalue weighted by Crippen LogP contribution is 2.32. The second kappa shape index (κ2) is 7.44. The number of nitrogens with one attached hydrogen (secondary N) is 1. The van der Waals surface area contributed by atoms with E-state index < -0.39 is 11.4 Å². The van der Waals surface area contributed by atoms with Crippen LogP contribution < -0.4 is 5.32 Å². The van der Waals surface area contributed by atoms with Gasteiger partial charge in [0.15, 0.2) is 0 Å². The third kappa shape index (κ3) is 3.62. The van der Waals surface area contributed by atoms with Gasteiger partial charge in [0.25, 0.3) is 0 Å². The highest BCUT2D eigenvalue weighted by Gasteiger charge is 2.30. The number of ether oxygens (including phenoxy) is 1. The number of benzene rings is 1. The maximum Gasteiger partial charge on any atom is 0.355 e. The van der Waals surface area contributed by atoms with Gasteiger partial charge in [-0.15, -0.1) is 0 Å². The number of anilines is 1. The van der Waals surface area contributed by atoms with Crippen LogP contribution in [-0.4, -0.2) is 23.1 Å². The van der Waals surface area contributed by atoms with Crippen molar-refractivity contribution in [2.24, 2.45) is 5.41 Å². The zero-order chi connectivity index (χ0) is 19.5. The van der Waals surface area contributed by atoms with Crippen LogP contribution in [0.2, 0.25) is 0 Å². The monoisotopic (exact) mass is 353 g/mol. The lowest BCUT2D eigenvalue weighted by Gasteiger charge is -2.20. The molecular formula is C20H23N3O3. The Bertz CT molecular complexity index is 868. The molecule has 2 rings (SSSR count). The van der Waals surface area contributed by atoms with E-state index in [9.17, 15) is 14.9 Å². The Morgan fingerprint density at radius 2 is 1.85 bits per heavy atom. The number of hydrogen-bond donors (Lipinski definition) is 1. The van der Waals surface area contributed by atoms with E-state index in [1.807, 2.05) is 18.2 Å². The van der Waals surface area contributed by atoms with Crippen molar-refractivity contribution in [1.82, 2.24) is 4.57 Å². The van der Waals surface area contributed by atoms with E-state index in [-0.39, 0.29) is 29.6 Å². The molecule has 0 unspecified atom stereocenters. The molecule has 1 heterocycles. The van der Waals surface area contributed by atoms with Gasteiger partial charge >= 0.3 is 5.97 Å². The first-order valence-corrected chi connectivity index (χ1v) is 8.41. The minimum absolute atomic E-state index is 0.212. The second-order valence-electron chi connectivity index (χ2n) is 6.90. The van der Waals surface area contributed by atoms with Gasteiger partial charge < -0.3 is 10.1 Å². The van der Waals surface area contributed by atoms with Crippen LogP contribution in [0.3, 0.4) is 0 Å². The minimum atomic E-state index is -0.656. The van der Waals surface area contributed by atoms with Crippen LogP contribution >= 0.6 is 0 Å². The molecule has 1 aromatic heterocycles. The molecule has 0 saturated carbocycles. The van der Waals surface area contributed by atoms with E-state index in [2.05, 4.69) is 11.4 Å². The normalized spacial score (nSPS) is 10.9. The Morgan fingerprint density at radius 3 is 2.35 bits per heavy atom. The molecule has 0 atom stereocenters. The van der Waals surface area contributed by atoms with Crippen molar-refractivity contribution in [1.29, 1.82) is 5.26 Å². The molecule has 0 radical (unpaired) electrons. The van der Waals surface area contributed by atoms with Gasteiger partial charge in [0.05, 0.1) is 12.2 Å². The van der Waals surface area contributed by atoms with Crippen LogP contribution in [0.5, 0.6) is 0 Å². The van der Waals surface area contributed by atoms with Gasteiger partial charge in [0, 0.05) is 16.7 Å². The number of nitrogens with zero attached hydrogens (tertiary/aromatic N) is 2. The number of carbonyl (C=O) groups is 2. The van der Waals surface area contributed by atoms with Crippen molar-refractivity contribution in [3.63, 3.8) is 0 Å². The molecular weight excluding hydrogens is 330 g/mol. The van der Waals surface area contributed by atoms with Gasteiger partial charge in [-0.2, -0.15) is 5.26 Å². The summed E-state index contributed by atoms with van der Waals surface area (Å²) >= 11 is 0. The number of para-hydroxylation sites is 1. The Kier molecular flexibility index (Phi) is 5.51. The SMILES string of the molecule is CCOC(=O)c1c(C)c(C#N)c(NC(=O)C(C)(C)C)n1-c1ccccc1. The Labute approximate surface area is 153 Å². The lowest BCUT2D eigenvalue weighted by molar-refractivity contribution is -0.123. The Balaban J connectivity index is 2.77. The zero-order valence-electron chi connectivity index (χ0n) is 15.7. The molecule has 0 saturated heterocycles. The number of hydrogen-bond acceptors (Lipinski definition) is 4. The van der Waals surface area contributed by atoms with Crippen LogP contribution in [0.25, 0.3) is 5.69 Å². The van der Waals surface area contributed by atoms with Gasteiger partial charge in [0.2, 0.25) is 5.91 Å². The standard InChI is InChI=1S/C20H23N3O3/c1-6-26-18(24)16-13(2)15(12-21)17(22-19(25)20(3,4)5)23(16)14-10-8-7-9-11-14/h7-11H,6H2,1-5H3,(H,22,25). The molecule has 1 aromatic carbocycles. The number of nitriles is 1. The highest BCUT2D eigenvalue weighted by molar-refractivity contribution is 5.99. The topological polar surface area (TPSA) is 84.1 Å². The summed E-state index contributed by atoms with van der Waals surface area (Å²) in [6.45, 7) is 8.95. The summed E-state index contributed by atoms with van der Waals surface area (Å²) < 4.78 is 6.75. The number of esters is 1. The third-order valence-electron chi connectivity index (χ3n) is 3.92. The molecule has 6 heteroatoms. The highest BCUT2D eigenvalue weighted by atomic mass is 16.5. The van der Waals surface area contributed by atoms with Gasteiger partial charge in [-0.3, -0.25) is 9.36 Å². The van der Waals surface area contributed by atoms with Crippen LogP contribution in [0.15, 0.2) is 30.3 Å². The summed E-state index contributed by atoms with van der Waals surface area (Å²) in [5.74, 6) is -0.514. The second-order valence-corrected chi connectivity index (χ2v) is 6.90. The van der Waals surface area contributed by atoms with E-state index in [1.165, 1.54) is 0 Å². The lowest BCUT2D eigenvalue weighted by atomic mass is 9.95. The average Bonchev–Trinajstić information content (AvgIpc) is 2.86. The lowest BCUT2D eigenvalue weighted by Crippen LogP contribution is -2.29. The van der Waals surface area contributed by atoms with Crippen molar-refractivity contribution in [3.05, 3.63) is 47.2 Å². The third-order valence-corrected chi connectivity index (χ3v) is 3.92. The molecule has 1 N–H and O–H groups in total. The Morgan fingerprint density at radius 1 is 1.23 bits per heavy atom. The molecule has 0 fully saturated rings. The summed E-state index contributed by atoms with van der Waals surface area (Å²) in [6, 6.07) is 11.2. The summed E-state index contributed by atoms with van der Waals surface area (Å²) in [7, 11) is 0. The summed E-state index contributed by atoms with van der Waals surface area (Å²) in [4.78, 5) is 25.1. The van der Waals surface area contributed by atoms with Gasteiger partial charge in [0.1, 0.15) is 17.6 Å². The first kappa shape index (κ1) is 19.3. The predicted octanol–water partition coefficient (Wildman–Crippen LogP) is 3.82. The van der Waals surface area contributed by atoms with Gasteiger partial charge in [-0.05, 0) is 26.0 Å².